The molecule has 0 saturated heterocycles. The number of alkyl halides is 2. The van der Waals surface area contributed by atoms with Crippen LogP contribution in [0.3, 0.4) is 0 Å². The maximum Gasteiger partial charge on any atom is 0.305 e. The molecule has 0 amide bonds. The van der Waals surface area contributed by atoms with E-state index in [2.05, 4.69) is 4.74 Å². The largest absolute Gasteiger partial charge is 0.466 e. The van der Waals surface area contributed by atoms with E-state index in [1.165, 1.54) is 0 Å². The lowest BCUT2D eigenvalue weighted by Crippen LogP contribution is -2.15. The van der Waals surface area contributed by atoms with Gasteiger partial charge in [0.05, 0.1) is 6.61 Å². The van der Waals surface area contributed by atoms with Crippen molar-refractivity contribution in [3.05, 3.63) is 0 Å². The molecule has 5 heteroatoms. The second kappa shape index (κ2) is 6.22. The maximum atomic E-state index is 10.8. The lowest BCUT2D eigenvalue weighted by molar-refractivity contribution is -0.143. The van der Waals surface area contributed by atoms with Crippen LogP contribution in [-0.2, 0) is 14.3 Å². The van der Waals surface area contributed by atoms with Crippen molar-refractivity contribution in [3.63, 3.8) is 0 Å². The zero-order chi connectivity index (χ0) is 10.3. The van der Waals surface area contributed by atoms with E-state index in [1.54, 1.807) is 6.92 Å². The molecule has 76 valence electrons. The molecule has 0 N–H and O–H groups in total. The first-order valence-electron chi connectivity index (χ1n) is 4.01. The molecule has 0 fully saturated rings. The average Bonchev–Trinajstić information content (AvgIpc) is 2.05. The van der Waals surface area contributed by atoms with Crippen molar-refractivity contribution in [3.8, 4) is 0 Å². The first kappa shape index (κ1) is 12.7. The summed E-state index contributed by atoms with van der Waals surface area (Å²) in [5.74, 6) is -0.294. The molecule has 3 nitrogen and oxygen atoms in total. The number of hydrogen-bond donors (Lipinski definition) is 0. The van der Waals surface area contributed by atoms with Crippen molar-refractivity contribution in [2.45, 2.75) is 30.5 Å². The third kappa shape index (κ3) is 6.84. The molecular weight excluding hydrogens is 215 g/mol. The van der Waals surface area contributed by atoms with Crippen LogP contribution in [0.15, 0.2) is 0 Å². The Morgan fingerprint density at radius 1 is 1.54 bits per heavy atom. The van der Waals surface area contributed by atoms with Crippen LogP contribution in [0.5, 0.6) is 0 Å². The van der Waals surface area contributed by atoms with Gasteiger partial charge in [0.25, 0.3) is 0 Å². The lowest BCUT2D eigenvalue weighted by atomic mass is 10.2. The Hall–Kier alpha value is -0.280. The van der Waals surface area contributed by atoms with Crippen LogP contribution in [0.2, 0.25) is 0 Å². The van der Waals surface area contributed by atoms with Crippen LogP contribution in [0.25, 0.3) is 0 Å². The average molecular weight is 227 g/mol. The zero-order valence-corrected chi connectivity index (χ0v) is 8.90. The second-order valence-corrected chi connectivity index (χ2v) is 4.08. The van der Waals surface area contributed by atoms with Gasteiger partial charge in [-0.2, -0.15) is 0 Å². The predicted octanol–water partition coefficient (Wildman–Crippen LogP) is 2.09. The highest BCUT2D eigenvalue weighted by Gasteiger charge is 2.22. The molecule has 0 rings (SSSR count). The van der Waals surface area contributed by atoms with Crippen LogP contribution in [0, 0.1) is 0 Å². The first-order valence-corrected chi connectivity index (χ1v) is 4.77. The number of hydrogen-bond acceptors (Lipinski definition) is 3. The summed E-state index contributed by atoms with van der Waals surface area (Å²) in [7, 11) is 0. The van der Waals surface area contributed by atoms with Crippen LogP contribution in [0.1, 0.15) is 26.2 Å². The highest BCUT2D eigenvalue weighted by atomic mass is 35.5. The minimum absolute atomic E-state index is 0.239. The molecule has 0 bridgehead atoms. The Balaban J connectivity index is 3.55. The molecule has 13 heavy (non-hydrogen) atoms. The van der Waals surface area contributed by atoms with E-state index in [9.17, 15) is 9.59 Å². The topological polar surface area (TPSA) is 43.4 Å². The van der Waals surface area contributed by atoms with Gasteiger partial charge < -0.3 is 9.53 Å². The molecule has 0 radical (unpaired) electrons. The third-order valence-corrected chi connectivity index (χ3v) is 1.92. The van der Waals surface area contributed by atoms with Crippen LogP contribution in [0.4, 0.5) is 0 Å². The van der Waals surface area contributed by atoms with E-state index in [0.29, 0.717) is 19.3 Å². The molecule has 0 aromatic rings. The quantitative estimate of drug-likeness (QED) is 0.396. The number of carbonyl (C=O) groups is 2. The van der Waals surface area contributed by atoms with Crippen LogP contribution >= 0.6 is 23.2 Å². The van der Waals surface area contributed by atoms with Gasteiger partial charge in [0.1, 0.15) is 0 Å². The van der Waals surface area contributed by atoms with Crippen LogP contribution in [-0.4, -0.2) is 23.2 Å². The molecule has 0 unspecified atom stereocenters. The number of rotatable bonds is 6. The van der Waals surface area contributed by atoms with Gasteiger partial charge in [-0.3, -0.25) is 4.79 Å². The zero-order valence-electron chi connectivity index (χ0n) is 7.39. The van der Waals surface area contributed by atoms with Gasteiger partial charge in [0.2, 0.25) is 0 Å². The van der Waals surface area contributed by atoms with Crippen molar-refractivity contribution in [2.24, 2.45) is 0 Å². The summed E-state index contributed by atoms with van der Waals surface area (Å²) in [6, 6.07) is 0. The number of halogens is 2. The molecule has 0 spiro atoms. The molecular formula is C8H12Cl2O3. The van der Waals surface area contributed by atoms with E-state index in [0.717, 1.165) is 0 Å². The molecule has 0 saturated carbocycles. The Morgan fingerprint density at radius 3 is 2.62 bits per heavy atom. The molecule has 0 aliphatic heterocycles. The Morgan fingerprint density at radius 2 is 2.15 bits per heavy atom. The summed E-state index contributed by atoms with van der Waals surface area (Å²) in [5.41, 5.74) is 0. The van der Waals surface area contributed by atoms with E-state index >= 15 is 0 Å². The Labute approximate surface area is 87.3 Å². The van der Waals surface area contributed by atoms with Gasteiger partial charge >= 0.3 is 5.97 Å². The fraction of sp³-hybridized carbons (Fsp3) is 0.750. The third-order valence-electron chi connectivity index (χ3n) is 1.37. The Bertz CT molecular complexity index is 180. The van der Waals surface area contributed by atoms with E-state index in [-0.39, 0.29) is 18.8 Å². The molecule has 0 heterocycles. The molecule has 0 aromatic carbocycles. The first-order chi connectivity index (χ1) is 6.02. The molecule has 0 aliphatic rings. The SMILES string of the molecule is CCOC(=O)CCCC(Cl)(Cl)C=O. The molecule has 0 atom stereocenters. The summed E-state index contributed by atoms with van der Waals surface area (Å²) < 4.78 is 3.31. The van der Waals surface area contributed by atoms with Gasteiger partial charge in [-0.15, -0.1) is 0 Å². The number of carbonyl (C=O) groups excluding carboxylic acids is 2. The smallest absolute Gasteiger partial charge is 0.305 e. The lowest BCUT2D eigenvalue weighted by Gasteiger charge is -2.10. The number of esters is 1. The van der Waals surface area contributed by atoms with E-state index in [1.807, 2.05) is 0 Å². The van der Waals surface area contributed by atoms with Gasteiger partial charge in [0, 0.05) is 6.42 Å². The van der Waals surface area contributed by atoms with Crippen molar-refractivity contribution in [1.82, 2.24) is 0 Å². The van der Waals surface area contributed by atoms with Gasteiger partial charge in [0.15, 0.2) is 10.6 Å². The maximum absolute atomic E-state index is 10.8. The van der Waals surface area contributed by atoms with E-state index in [4.69, 9.17) is 23.2 Å². The van der Waals surface area contributed by atoms with Crippen molar-refractivity contribution >= 4 is 35.5 Å². The minimum atomic E-state index is -1.37. The highest BCUT2D eigenvalue weighted by molar-refractivity contribution is 6.55. The number of ether oxygens (including phenoxy) is 1. The second-order valence-electron chi connectivity index (χ2n) is 2.54. The van der Waals surface area contributed by atoms with Crippen LogP contribution < -0.4 is 0 Å². The number of aldehydes is 1. The summed E-state index contributed by atoms with van der Waals surface area (Å²) in [5, 5.41) is 0. The summed E-state index contributed by atoms with van der Waals surface area (Å²) in [6.45, 7) is 2.09. The Kier molecular flexibility index (Phi) is 6.08. The summed E-state index contributed by atoms with van der Waals surface area (Å²) in [6.07, 6.45) is 1.41. The van der Waals surface area contributed by atoms with Gasteiger partial charge in [-0.1, -0.05) is 23.2 Å². The monoisotopic (exact) mass is 226 g/mol. The van der Waals surface area contributed by atoms with E-state index < -0.39 is 4.33 Å². The van der Waals surface area contributed by atoms with Crippen molar-refractivity contribution in [1.29, 1.82) is 0 Å². The minimum Gasteiger partial charge on any atom is -0.466 e. The predicted molar refractivity (Wildman–Crippen MR) is 51.0 cm³/mol. The molecule has 0 aliphatic carbocycles. The standard InChI is InChI=1S/C8H12Cl2O3/c1-2-13-7(12)4-3-5-8(9,10)6-11/h6H,2-5H2,1H3. The van der Waals surface area contributed by atoms with Gasteiger partial charge in [-0.25, -0.2) is 0 Å². The van der Waals surface area contributed by atoms with Crippen molar-refractivity contribution in [2.75, 3.05) is 6.61 Å². The van der Waals surface area contributed by atoms with Crippen molar-refractivity contribution < 1.29 is 14.3 Å². The molecule has 0 aromatic heterocycles. The summed E-state index contributed by atoms with van der Waals surface area (Å²) in [4.78, 5) is 21.1. The fourth-order valence-electron chi connectivity index (χ4n) is 0.761. The fourth-order valence-corrected chi connectivity index (χ4v) is 1.03. The normalized spacial score (nSPS) is 11.0. The highest BCUT2D eigenvalue weighted by Crippen LogP contribution is 2.24. The summed E-state index contributed by atoms with van der Waals surface area (Å²) >= 11 is 11.1. The van der Waals surface area contributed by atoms with Gasteiger partial charge in [-0.05, 0) is 19.8 Å².